The fourth-order valence-corrected chi connectivity index (χ4v) is 3.96. The zero-order valence-electron chi connectivity index (χ0n) is 10.5. The first kappa shape index (κ1) is 13.5. The fourth-order valence-electron chi connectivity index (χ4n) is 2.29. The van der Waals surface area contributed by atoms with Gasteiger partial charge in [0.15, 0.2) is 9.84 Å². The second-order valence-corrected chi connectivity index (χ2v) is 6.65. The van der Waals surface area contributed by atoms with Gasteiger partial charge in [-0.05, 0) is 25.6 Å². The molecule has 0 radical (unpaired) electrons. The molecule has 0 saturated carbocycles. The Morgan fingerprint density at radius 1 is 1.39 bits per heavy atom. The second-order valence-electron chi connectivity index (χ2n) is 4.61. The maximum atomic E-state index is 12.3. The highest BCUT2D eigenvalue weighted by atomic mass is 32.2. The number of ether oxygens (including phenoxy) is 1. The van der Waals surface area contributed by atoms with Gasteiger partial charge in [-0.25, -0.2) is 8.42 Å². The van der Waals surface area contributed by atoms with E-state index in [1.165, 1.54) is 0 Å². The average Bonchev–Trinajstić information content (AvgIpc) is 2.91. The molecule has 1 saturated heterocycles. The van der Waals surface area contributed by atoms with Gasteiger partial charge < -0.3 is 10.1 Å². The largest absolute Gasteiger partial charge is 0.381 e. The van der Waals surface area contributed by atoms with Crippen molar-refractivity contribution in [1.29, 1.82) is 0 Å². The van der Waals surface area contributed by atoms with Gasteiger partial charge in [0.1, 0.15) is 0 Å². The van der Waals surface area contributed by atoms with Crippen LogP contribution in [0.5, 0.6) is 0 Å². The minimum Gasteiger partial charge on any atom is -0.381 e. The summed E-state index contributed by atoms with van der Waals surface area (Å²) in [5.74, 6) is 0.412. The molecule has 0 aromatic heterocycles. The van der Waals surface area contributed by atoms with E-state index in [9.17, 15) is 8.42 Å². The lowest BCUT2D eigenvalue weighted by Crippen LogP contribution is -2.40. The highest BCUT2D eigenvalue weighted by Gasteiger charge is 2.29. The van der Waals surface area contributed by atoms with Gasteiger partial charge in [-0.15, -0.1) is 0 Å². The van der Waals surface area contributed by atoms with Crippen molar-refractivity contribution in [3.8, 4) is 0 Å². The van der Waals surface area contributed by atoms with Crippen LogP contribution in [0.1, 0.15) is 6.42 Å². The monoisotopic (exact) mass is 269 g/mol. The molecule has 2 rings (SSSR count). The molecule has 0 amide bonds. The lowest BCUT2D eigenvalue weighted by Gasteiger charge is -2.21. The number of nitrogens with one attached hydrogen (secondary N) is 1. The van der Waals surface area contributed by atoms with Gasteiger partial charge >= 0.3 is 0 Å². The molecule has 0 bridgehead atoms. The quantitative estimate of drug-likeness (QED) is 0.869. The van der Waals surface area contributed by atoms with Crippen LogP contribution in [0.15, 0.2) is 35.2 Å². The van der Waals surface area contributed by atoms with E-state index in [1.807, 2.05) is 13.1 Å². The second kappa shape index (κ2) is 5.82. The molecule has 5 heteroatoms. The maximum absolute atomic E-state index is 12.3. The summed E-state index contributed by atoms with van der Waals surface area (Å²) in [7, 11) is -1.42. The van der Waals surface area contributed by atoms with E-state index in [4.69, 9.17) is 4.74 Å². The van der Waals surface area contributed by atoms with Gasteiger partial charge in [0.2, 0.25) is 0 Å². The summed E-state index contributed by atoms with van der Waals surface area (Å²) in [6.45, 7) is 1.38. The van der Waals surface area contributed by atoms with E-state index in [-0.39, 0.29) is 17.7 Å². The maximum Gasteiger partial charge on any atom is 0.179 e. The van der Waals surface area contributed by atoms with Gasteiger partial charge in [0.05, 0.1) is 17.3 Å². The summed E-state index contributed by atoms with van der Waals surface area (Å²) in [5.41, 5.74) is 0. The first-order valence-corrected chi connectivity index (χ1v) is 7.81. The van der Waals surface area contributed by atoms with Crippen LogP contribution in [0, 0.1) is 5.92 Å². The smallest absolute Gasteiger partial charge is 0.179 e. The molecule has 1 heterocycles. The van der Waals surface area contributed by atoms with E-state index in [0.717, 1.165) is 13.0 Å². The third-order valence-electron chi connectivity index (χ3n) is 3.41. The molecule has 1 fully saturated rings. The zero-order chi connectivity index (χ0) is 13.0. The Labute approximate surface area is 108 Å². The van der Waals surface area contributed by atoms with Crippen molar-refractivity contribution in [3.05, 3.63) is 30.3 Å². The summed E-state index contributed by atoms with van der Waals surface area (Å²) in [5, 5.41) is 3.11. The summed E-state index contributed by atoms with van der Waals surface area (Å²) < 4.78 is 29.9. The first-order valence-electron chi connectivity index (χ1n) is 6.16. The van der Waals surface area contributed by atoms with Crippen molar-refractivity contribution >= 4 is 9.84 Å². The molecule has 2 unspecified atom stereocenters. The molecule has 4 nitrogen and oxygen atoms in total. The van der Waals surface area contributed by atoms with Crippen LogP contribution in [0.2, 0.25) is 0 Å². The Morgan fingerprint density at radius 3 is 2.67 bits per heavy atom. The summed E-state index contributed by atoms with van der Waals surface area (Å²) in [6.07, 6.45) is 0.926. The van der Waals surface area contributed by atoms with Crippen molar-refractivity contribution in [3.63, 3.8) is 0 Å². The Morgan fingerprint density at radius 2 is 2.11 bits per heavy atom. The molecule has 1 aromatic rings. The van der Waals surface area contributed by atoms with Gasteiger partial charge in [-0.1, -0.05) is 18.2 Å². The third-order valence-corrected chi connectivity index (χ3v) is 5.19. The highest BCUT2D eigenvalue weighted by molar-refractivity contribution is 7.91. The molecule has 0 spiro atoms. The summed E-state index contributed by atoms with van der Waals surface area (Å²) >= 11 is 0. The minimum atomic E-state index is -3.23. The lowest BCUT2D eigenvalue weighted by atomic mass is 10.0. The van der Waals surface area contributed by atoms with Gasteiger partial charge in [0.25, 0.3) is 0 Å². The minimum absolute atomic E-state index is 0.0438. The zero-order valence-corrected chi connectivity index (χ0v) is 11.3. The van der Waals surface area contributed by atoms with Gasteiger partial charge in [-0.3, -0.25) is 0 Å². The molecule has 1 N–H and O–H groups in total. The van der Waals surface area contributed by atoms with Crippen LogP contribution < -0.4 is 5.32 Å². The normalized spacial score (nSPS) is 21.9. The SMILES string of the molecule is CNC(CS(=O)(=O)c1ccccc1)C1CCOC1. The molecule has 100 valence electrons. The van der Waals surface area contributed by atoms with E-state index >= 15 is 0 Å². The molecule has 0 aliphatic carbocycles. The first-order chi connectivity index (χ1) is 8.63. The third kappa shape index (κ3) is 3.10. The van der Waals surface area contributed by atoms with Crippen molar-refractivity contribution in [1.82, 2.24) is 5.32 Å². The van der Waals surface area contributed by atoms with Crippen LogP contribution in [0.4, 0.5) is 0 Å². The van der Waals surface area contributed by atoms with E-state index in [0.29, 0.717) is 11.5 Å². The summed E-state index contributed by atoms with van der Waals surface area (Å²) in [4.78, 5) is 0.393. The van der Waals surface area contributed by atoms with E-state index < -0.39 is 9.84 Å². The highest BCUT2D eigenvalue weighted by Crippen LogP contribution is 2.20. The summed E-state index contributed by atoms with van der Waals surface area (Å²) in [6, 6.07) is 8.57. The van der Waals surface area contributed by atoms with Crippen molar-refractivity contribution in [2.24, 2.45) is 5.92 Å². The number of hydrogen-bond acceptors (Lipinski definition) is 4. The van der Waals surface area contributed by atoms with Crippen LogP contribution in [-0.2, 0) is 14.6 Å². The van der Waals surface area contributed by atoms with Crippen LogP contribution in [-0.4, -0.2) is 40.5 Å². The molecule has 1 aromatic carbocycles. The fraction of sp³-hybridized carbons (Fsp3) is 0.538. The molecular formula is C13H19NO3S. The average molecular weight is 269 g/mol. The predicted octanol–water partition coefficient (Wildman–Crippen LogP) is 1.08. The molecule has 18 heavy (non-hydrogen) atoms. The number of benzene rings is 1. The lowest BCUT2D eigenvalue weighted by molar-refractivity contribution is 0.179. The Kier molecular flexibility index (Phi) is 4.37. The Hall–Kier alpha value is -0.910. The number of sulfone groups is 1. The predicted molar refractivity (Wildman–Crippen MR) is 70.3 cm³/mol. The molecule has 2 atom stereocenters. The molecular weight excluding hydrogens is 250 g/mol. The van der Waals surface area contributed by atoms with Gasteiger partial charge in [0, 0.05) is 18.6 Å². The standard InChI is InChI=1S/C13H19NO3S/c1-14-13(11-7-8-17-9-11)10-18(15,16)12-5-3-2-4-6-12/h2-6,11,13-14H,7-10H2,1H3. The van der Waals surface area contributed by atoms with Crippen molar-refractivity contribution in [2.75, 3.05) is 26.0 Å². The van der Waals surface area contributed by atoms with E-state index in [1.54, 1.807) is 24.3 Å². The molecule has 1 aliphatic heterocycles. The van der Waals surface area contributed by atoms with Crippen LogP contribution in [0.3, 0.4) is 0 Å². The van der Waals surface area contributed by atoms with Crippen molar-refractivity contribution < 1.29 is 13.2 Å². The van der Waals surface area contributed by atoms with E-state index in [2.05, 4.69) is 5.32 Å². The Balaban J connectivity index is 2.11. The number of rotatable bonds is 5. The molecule has 1 aliphatic rings. The number of hydrogen-bond donors (Lipinski definition) is 1. The van der Waals surface area contributed by atoms with Crippen LogP contribution >= 0.6 is 0 Å². The van der Waals surface area contributed by atoms with Crippen LogP contribution in [0.25, 0.3) is 0 Å². The Bertz CT molecular complexity index is 466. The van der Waals surface area contributed by atoms with Crippen molar-refractivity contribution in [2.45, 2.75) is 17.4 Å². The topological polar surface area (TPSA) is 55.4 Å². The van der Waals surface area contributed by atoms with Gasteiger partial charge in [-0.2, -0.15) is 0 Å².